The average Bonchev–Trinajstić information content (AvgIpc) is 3.15. The molecule has 0 bridgehead atoms. The van der Waals surface area contributed by atoms with Crippen LogP contribution in [0.1, 0.15) is 49.9 Å². The number of nitrogens with two attached hydrogens (primary N) is 2. The van der Waals surface area contributed by atoms with E-state index >= 15 is 0 Å². The van der Waals surface area contributed by atoms with Crippen LogP contribution in [0.3, 0.4) is 0 Å². The lowest BCUT2D eigenvalue weighted by molar-refractivity contribution is 0.481. The zero-order valence-corrected chi connectivity index (χ0v) is 31.8. The Kier molecular flexibility index (Phi) is 10.7. The fourth-order valence-corrected chi connectivity index (χ4v) is 7.99. The highest BCUT2D eigenvalue weighted by Crippen LogP contribution is 2.41. The summed E-state index contributed by atoms with van der Waals surface area (Å²) in [6.45, 7) is 8.11. The standard InChI is InChI=1S/C40H40N6O6S2/c1-5-23-17-27(18-24(6-2)39(23)45-43-33-21-35(53(47,48)49)37(41)31-15-11-9-13-29(31)33)28-19-25(7-3)40(26(8-4)20-28)46-44-34-22-36(54(50,51)52)38(42)32-16-12-10-14-30(32)34/h9-22H,5-8,41-42H2,1-4H3,(H,47,48,49)(H,50,51,52)/b45-43+,46-44+. The number of azo groups is 2. The topological polar surface area (TPSA) is 210 Å². The Hall–Kier alpha value is -5.54. The molecular weight excluding hydrogens is 725 g/mol. The van der Waals surface area contributed by atoms with Crippen molar-refractivity contribution in [2.45, 2.75) is 63.2 Å². The number of nitrogen functional groups attached to an aromatic ring is 2. The molecule has 0 spiro atoms. The minimum absolute atomic E-state index is 0.0599. The van der Waals surface area contributed by atoms with Crippen LogP contribution in [0, 0.1) is 0 Å². The van der Waals surface area contributed by atoms with Gasteiger partial charge < -0.3 is 11.5 Å². The number of aryl methyl sites for hydroxylation is 4. The van der Waals surface area contributed by atoms with Crippen LogP contribution in [0.15, 0.2) is 115 Å². The van der Waals surface area contributed by atoms with Crippen molar-refractivity contribution in [2.24, 2.45) is 20.5 Å². The molecule has 0 radical (unpaired) electrons. The van der Waals surface area contributed by atoms with Crippen LogP contribution in [0.2, 0.25) is 0 Å². The van der Waals surface area contributed by atoms with Crippen molar-refractivity contribution < 1.29 is 25.9 Å². The van der Waals surface area contributed by atoms with Crippen LogP contribution in [-0.2, 0) is 45.9 Å². The summed E-state index contributed by atoms with van der Waals surface area (Å²) in [5.41, 5.74) is 19.7. The Bertz CT molecular complexity index is 2510. The Morgan fingerprint density at radius 3 is 1.06 bits per heavy atom. The van der Waals surface area contributed by atoms with Gasteiger partial charge in [0.2, 0.25) is 0 Å². The van der Waals surface area contributed by atoms with Crippen molar-refractivity contribution in [3.05, 3.63) is 107 Å². The monoisotopic (exact) mass is 764 g/mol. The average molecular weight is 765 g/mol. The second kappa shape index (κ2) is 15.1. The first-order chi connectivity index (χ1) is 25.7. The molecule has 6 N–H and O–H groups in total. The molecule has 6 rings (SSSR count). The zero-order chi connectivity index (χ0) is 38.9. The van der Waals surface area contributed by atoms with Gasteiger partial charge in [-0.05, 0) is 95.5 Å². The van der Waals surface area contributed by atoms with Crippen LogP contribution in [-0.4, -0.2) is 25.9 Å². The molecule has 6 aromatic rings. The summed E-state index contributed by atoms with van der Waals surface area (Å²) in [7, 11) is -9.24. The van der Waals surface area contributed by atoms with Gasteiger partial charge in [0.25, 0.3) is 20.2 Å². The van der Waals surface area contributed by atoms with Gasteiger partial charge in [-0.3, -0.25) is 9.11 Å². The molecule has 0 fully saturated rings. The Labute approximate surface area is 314 Å². The Balaban J connectivity index is 1.44. The van der Waals surface area contributed by atoms with Gasteiger partial charge in [-0.1, -0.05) is 76.2 Å². The second-order valence-electron chi connectivity index (χ2n) is 12.8. The first-order valence-electron chi connectivity index (χ1n) is 17.4. The van der Waals surface area contributed by atoms with Gasteiger partial charge >= 0.3 is 0 Å². The number of hydrogen-bond acceptors (Lipinski definition) is 10. The fraction of sp³-hybridized carbons (Fsp3) is 0.200. The van der Waals surface area contributed by atoms with Gasteiger partial charge in [0.1, 0.15) is 9.79 Å². The van der Waals surface area contributed by atoms with Crippen LogP contribution >= 0.6 is 0 Å². The van der Waals surface area contributed by atoms with Crippen LogP contribution < -0.4 is 11.5 Å². The Morgan fingerprint density at radius 1 is 0.481 bits per heavy atom. The first kappa shape index (κ1) is 38.2. The van der Waals surface area contributed by atoms with Crippen molar-refractivity contribution in [2.75, 3.05) is 11.5 Å². The van der Waals surface area contributed by atoms with E-state index in [1.165, 1.54) is 12.1 Å². The molecule has 12 nitrogen and oxygen atoms in total. The third-order valence-corrected chi connectivity index (χ3v) is 11.3. The van der Waals surface area contributed by atoms with Gasteiger partial charge in [0.15, 0.2) is 0 Å². The van der Waals surface area contributed by atoms with E-state index in [1.807, 2.05) is 27.7 Å². The largest absolute Gasteiger partial charge is 0.397 e. The molecule has 6 aromatic carbocycles. The molecule has 0 unspecified atom stereocenters. The molecule has 14 heteroatoms. The van der Waals surface area contributed by atoms with E-state index in [9.17, 15) is 25.9 Å². The molecular formula is C40H40N6O6S2. The lowest BCUT2D eigenvalue weighted by atomic mass is 9.92. The first-order valence-corrected chi connectivity index (χ1v) is 20.3. The third-order valence-electron chi connectivity index (χ3n) is 9.52. The van der Waals surface area contributed by atoms with Crippen LogP contribution in [0.25, 0.3) is 32.7 Å². The molecule has 0 heterocycles. The summed E-state index contributed by atoms with van der Waals surface area (Å²) in [5, 5.41) is 20.4. The maximum atomic E-state index is 12.2. The lowest BCUT2D eigenvalue weighted by Crippen LogP contribution is -2.03. The smallest absolute Gasteiger partial charge is 0.296 e. The second-order valence-corrected chi connectivity index (χ2v) is 15.5. The molecule has 0 aliphatic carbocycles. The van der Waals surface area contributed by atoms with Crippen molar-refractivity contribution in [1.29, 1.82) is 0 Å². The van der Waals surface area contributed by atoms with E-state index in [4.69, 9.17) is 11.5 Å². The summed E-state index contributed by atoms with van der Waals surface area (Å²) >= 11 is 0. The minimum Gasteiger partial charge on any atom is -0.397 e. The molecule has 0 saturated carbocycles. The summed E-state index contributed by atoms with van der Waals surface area (Å²) in [6, 6.07) is 24.7. The highest BCUT2D eigenvalue weighted by Gasteiger charge is 2.21. The quantitative estimate of drug-likeness (QED) is 0.0565. The SMILES string of the molecule is CCc1cc(-c2cc(CC)c(/N=N/c3cc(S(=O)(=O)O)c(N)c4ccccc34)c(CC)c2)cc(CC)c1/N=N/c1cc(S(=O)(=O)O)c(N)c2ccccc12. The number of hydrogen-bond donors (Lipinski definition) is 4. The van der Waals surface area contributed by atoms with Gasteiger partial charge in [0.05, 0.1) is 34.1 Å². The fourth-order valence-electron chi connectivity index (χ4n) is 6.70. The van der Waals surface area contributed by atoms with E-state index in [1.54, 1.807) is 48.5 Å². The summed E-state index contributed by atoms with van der Waals surface area (Å²) in [5.74, 6) is 0. The van der Waals surface area contributed by atoms with Crippen molar-refractivity contribution in [3.63, 3.8) is 0 Å². The lowest BCUT2D eigenvalue weighted by Gasteiger charge is -2.16. The number of fused-ring (bicyclic) bond motifs is 2. The maximum Gasteiger partial charge on any atom is 0.296 e. The summed E-state index contributed by atoms with van der Waals surface area (Å²) in [4.78, 5) is -0.855. The summed E-state index contributed by atoms with van der Waals surface area (Å²) in [6.07, 6.45) is 2.57. The molecule has 0 atom stereocenters. The molecule has 0 saturated heterocycles. The summed E-state index contributed by atoms with van der Waals surface area (Å²) < 4.78 is 68.4. The van der Waals surface area contributed by atoms with Gasteiger partial charge in [-0.25, -0.2) is 0 Å². The highest BCUT2D eigenvalue weighted by atomic mass is 32.2. The Morgan fingerprint density at radius 2 is 0.778 bits per heavy atom. The van der Waals surface area contributed by atoms with Crippen molar-refractivity contribution in [3.8, 4) is 11.1 Å². The molecule has 0 aromatic heterocycles. The highest BCUT2D eigenvalue weighted by molar-refractivity contribution is 7.86. The van der Waals surface area contributed by atoms with Crippen LogP contribution in [0.5, 0.6) is 0 Å². The van der Waals surface area contributed by atoms with E-state index in [2.05, 4.69) is 44.7 Å². The number of benzene rings is 6. The molecule has 0 amide bonds. The predicted molar refractivity (Wildman–Crippen MR) is 214 cm³/mol. The van der Waals surface area contributed by atoms with E-state index in [0.717, 1.165) is 33.4 Å². The predicted octanol–water partition coefficient (Wildman–Crippen LogP) is 10.4. The minimum atomic E-state index is -4.62. The van der Waals surface area contributed by atoms with E-state index in [-0.39, 0.29) is 22.7 Å². The third kappa shape index (κ3) is 7.33. The zero-order valence-electron chi connectivity index (χ0n) is 30.2. The molecule has 0 aliphatic rings. The van der Waals surface area contributed by atoms with E-state index in [0.29, 0.717) is 58.6 Å². The normalized spacial score (nSPS) is 12.5. The van der Waals surface area contributed by atoms with Gasteiger partial charge in [0, 0.05) is 21.5 Å². The number of rotatable bonds is 11. The molecule has 278 valence electrons. The number of nitrogens with zero attached hydrogens (tertiary/aromatic N) is 4. The van der Waals surface area contributed by atoms with Gasteiger partial charge in [-0.2, -0.15) is 16.8 Å². The van der Waals surface area contributed by atoms with Crippen LogP contribution in [0.4, 0.5) is 34.1 Å². The van der Waals surface area contributed by atoms with Crippen molar-refractivity contribution >= 4 is 75.9 Å². The maximum absolute atomic E-state index is 12.2. The van der Waals surface area contributed by atoms with Gasteiger partial charge in [-0.15, -0.1) is 20.5 Å². The van der Waals surface area contributed by atoms with Crippen molar-refractivity contribution in [1.82, 2.24) is 0 Å². The number of anilines is 2. The van der Waals surface area contributed by atoms with E-state index < -0.39 is 30.0 Å². The molecule has 0 aliphatic heterocycles. The molecule has 54 heavy (non-hydrogen) atoms.